The molecule has 0 aromatic carbocycles. The van der Waals surface area contributed by atoms with E-state index in [0.717, 1.165) is 0 Å². The van der Waals surface area contributed by atoms with Gasteiger partial charge < -0.3 is 10.2 Å². The molecular weight excluding hydrogens is 192 g/mol. The second kappa shape index (κ2) is 3.42. The number of anilines is 1. The molecule has 2 heterocycles. The highest BCUT2D eigenvalue weighted by molar-refractivity contribution is 5.68. The first-order valence-corrected chi connectivity index (χ1v) is 4.30. The van der Waals surface area contributed by atoms with Gasteiger partial charge in [0.1, 0.15) is 29.0 Å². The van der Waals surface area contributed by atoms with Crippen LogP contribution in [0.2, 0.25) is 0 Å². The average molecular weight is 200 g/mol. The van der Waals surface area contributed by atoms with Crippen molar-refractivity contribution in [1.29, 1.82) is 5.26 Å². The van der Waals surface area contributed by atoms with E-state index >= 15 is 0 Å². The SMILES string of the molecule is Cc1nc(N)c(C#N)c(-c2ccco2)n1. The molecule has 2 rings (SSSR count). The molecule has 0 atom stereocenters. The van der Waals surface area contributed by atoms with E-state index in [9.17, 15) is 0 Å². The summed E-state index contributed by atoms with van der Waals surface area (Å²) < 4.78 is 5.18. The predicted octanol–water partition coefficient (Wildman–Crippen LogP) is 1.50. The van der Waals surface area contributed by atoms with Crippen molar-refractivity contribution < 1.29 is 4.42 Å². The lowest BCUT2D eigenvalue weighted by Gasteiger charge is -2.03. The molecule has 5 heteroatoms. The van der Waals surface area contributed by atoms with Gasteiger partial charge in [0.15, 0.2) is 5.76 Å². The van der Waals surface area contributed by atoms with E-state index in [1.807, 2.05) is 6.07 Å². The van der Waals surface area contributed by atoms with Crippen LogP contribution in [-0.4, -0.2) is 9.97 Å². The van der Waals surface area contributed by atoms with Gasteiger partial charge in [-0.15, -0.1) is 0 Å². The summed E-state index contributed by atoms with van der Waals surface area (Å²) in [5, 5.41) is 8.94. The van der Waals surface area contributed by atoms with Gasteiger partial charge in [0.05, 0.1) is 6.26 Å². The minimum absolute atomic E-state index is 0.177. The molecule has 0 aliphatic carbocycles. The van der Waals surface area contributed by atoms with Gasteiger partial charge in [0, 0.05) is 0 Å². The molecule has 0 unspecified atom stereocenters. The molecule has 0 radical (unpaired) electrons. The zero-order chi connectivity index (χ0) is 10.8. The summed E-state index contributed by atoms with van der Waals surface area (Å²) >= 11 is 0. The summed E-state index contributed by atoms with van der Waals surface area (Å²) in [5.74, 6) is 1.21. The number of rotatable bonds is 1. The van der Waals surface area contributed by atoms with Crippen LogP contribution in [0.15, 0.2) is 22.8 Å². The molecule has 0 aliphatic rings. The molecule has 0 spiro atoms. The number of nitrogens with zero attached hydrogens (tertiary/aromatic N) is 3. The fourth-order valence-corrected chi connectivity index (χ4v) is 1.30. The van der Waals surface area contributed by atoms with Crippen LogP contribution in [0.3, 0.4) is 0 Å². The Bertz CT molecular complexity index is 525. The molecule has 2 N–H and O–H groups in total. The van der Waals surface area contributed by atoms with E-state index in [1.165, 1.54) is 6.26 Å². The van der Waals surface area contributed by atoms with Gasteiger partial charge in [-0.25, -0.2) is 9.97 Å². The number of aromatic nitrogens is 2. The van der Waals surface area contributed by atoms with E-state index in [4.69, 9.17) is 15.4 Å². The lowest BCUT2D eigenvalue weighted by Crippen LogP contribution is -2.02. The molecule has 2 aromatic heterocycles. The Kier molecular flexibility index (Phi) is 2.10. The van der Waals surface area contributed by atoms with Crippen LogP contribution >= 0.6 is 0 Å². The molecule has 0 saturated carbocycles. The second-order valence-electron chi connectivity index (χ2n) is 2.97. The Balaban J connectivity index is 2.71. The van der Waals surface area contributed by atoms with Gasteiger partial charge in [0.25, 0.3) is 0 Å². The van der Waals surface area contributed by atoms with E-state index < -0.39 is 0 Å². The van der Waals surface area contributed by atoms with E-state index in [2.05, 4.69) is 9.97 Å². The highest BCUT2D eigenvalue weighted by atomic mass is 16.3. The quantitative estimate of drug-likeness (QED) is 0.753. The van der Waals surface area contributed by atoms with Crippen molar-refractivity contribution in [3.8, 4) is 17.5 Å². The summed E-state index contributed by atoms with van der Waals surface area (Å²) in [7, 11) is 0. The summed E-state index contributed by atoms with van der Waals surface area (Å²) in [6.45, 7) is 1.71. The summed E-state index contributed by atoms with van der Waals surface area (Å²) in [4.78, 5) is 8.06. The standard InChI is InChI=1S/C10H8N4O/c1-6-13-9(8-3-2-4-15-8)7(5-11)10(12)14-6/h2-4H,1H3,(H2,12,13,14). The predicted molar refractivity (Wildman–Crippen MR) is 53.6 cm³/mol. The van der Waals surface area contributed by atoms with Crippen molar-refractivity contribution in [2.24, 2.45) is 0 Å². The topological polar surface area (TPSA) is 88.7 Å². The van der Waals surface area contributed by atoms with E-state index in [1.54, 1.807) is 19.1 Å². The van der Waals surface area contributed by atoms with E-state index in [0.29, 0.717) is 17.3 Å². The molecular formula is C10H8N4O. The van der Waals surface area contributed by atoms with Crippen LogP contribution in [0.5, 0.6) is 0 Å². The van der Waals surface area contributed by atoms with Crippen molar-refractivity contribution in [1.82, 2.24) is 9.97 Å². The molecule has 0 bridgehead atoms. The van der Waals surface area contributed by atoms with Gasteiger partial charge >= 0.3 is 0 Å². The first kappa shape index (κ1) is 9.21. The fourth-order valence-electron chi connectivity index (χ4n) is 1.30. The van der Waals surface area contributed by atoms with Crippen molar-refractivity contribution >= 4 is 5.82 Å². The van der Waals surface area contributed by atoms with Gasteiger partial charge in [-0.3, -0.25) is 0 Å². The number of hydrogen-bond donors (Lipinski definition) is 1. The Hall–Kier alpha value is -2.35. The van der Waals surface area contributed by atoms with Gasteiger partial charge in [-0.2, -0.15) is 5.26 Å². The molecule has 0 amide bonds. The molecule has 74 valence electrons. The monoisotopic (exact) mass is 200 g/mol. The first-order valence-electron chi connectivity index (χ1n) is 4.30. The number of hydrogen-bond acceptors (Lipinski definition) is 5. The van der Waals surface area contributed by atoms with Gasteiger partial charge in [-0.1, -0.05) is 0 Å². The smallest absolute Gasteiger partial charge is 0.153 e. The van der Waals surface area contributed by atoms with Crippen LogP contribution < -0.4 is 5.73 Å². The lowest BCUT2D eigenvalue weighted by atomic mass is 10.2. The van der Waals surface area contributed by atoms with Crippen molar-refractivity contribution in [2.45, 2.75) is 6.92 Å². The fraction of sp³-hybridized carbons (Fsp3) is 0.100. The second-order valence-corrected chi connectivity index (χ2v) is 2.97. The number of aryl methyl sites for hydroxylation is 1. The van der Waals surface area contributed by atoms with Crippen LogP contribution in [-0.2, 0) is 0 Å². The minimum atomic E-state index is 0.177. The van der Waals surface area contributed by atoms with Crippen LogP contribution in [0.1, 0.15) is 11.4 Å². The molecule has 5 nitrogen and oxygen atoms in total. The largest absolute Gasteiger partial charge is 0.463 e. The van der Waals surface area contributed by atoms with Crippen LogP contribution in [0, 0.1) is 18.3 Å². The van der Waals surface area contributed by atoms with Crippen molar-refractivity contribution in [3.05, 3.63) is 29.8 Å². The first-order chi connectivity index (χ1) is 7.22. The van der Waals surface area contributed by atoms with E-state index in [-0.39, 0.29) is 11.4 Å². The third-order valence-corrected chi connectivity index (χ3v) is 1.92. The normalized spacial score (nSPS) is 9.87. The highest BCUT2D eigenvalue weighted by Crippen LogP contribution is 2.24. The number of furan rings is 1. The average Bonchev–Trinajstić information content (AvgIpc) is 2.69. The van der Waals surface area contributed by atoms with Crippen LogP contribution in [0.4, 0.5) is 5.82 Å². The number of nitrogens with two attached hydrogens (primary N) is 1. The molecule has 2 aromatic rings. The van der Waals surface area contributed by atoms with Crippen molar-refractivity contribution in [3.63, 3.8) is 0 Å². The zero-order valence-corrected chi connectivity index (χ0v) is 8.06. The minimum Gasteiger partial charge on any atom is -0.463 e. The Morgan fingerprint density at radius 3 is 2.87 bits per heavy atom. The third kappa shape index (κ3) is 1.53. The maximum absolute atomic E-state index is 8.94. The molecule has 15 heavy (non-hydrogen) atoms. The van der Waals surface area contributed by atoms with Crippen LogP contribution in [0.25, 0.3) is 11.5 Å². The maximum atomic E-state index is 8.94. The Morgan fingerprint density at radius 2 is 2.27 bits per heavy atom. The van der Waals surface area contributed by atoms with Gasteiger partial charge in [0.2, 0.25) is 0 Å². The van der Waals surface area contributed by atoms with Crippen molar-refractivity contribution in [2.75, 3.05) is 5.73 Å². The van der Waals surface area contributed by atoms with Gasteiger partial charge in [-0.05, 0) is 19.1 Å². The highest BCUT2D eigenvalue weighted by Gasteiger charge is 2.14. The molecule has 0 saturated heterocycles. The Labute approximate surface area is 86.2 Å². The lowest BCUT2D eigenvalue weighted by molar-refractivity contribution is 0.579. The third-order valence-electron chi connectivity index (χ3n) is 1.92. The maximum Gasteiger partial charge on any atom is 0.153 e. The molecule has 0 aliphatic heterocycles. The number of nitrogen functional groups attached to an aromatic ring is 1. The summed E-state index contributed by atoms with van der Waals surface area (Å²) in [5.41, 5.74) is 6.31. The summed E-state index contributed by atoms with van der Waals surface area (Å²) in [6, 6.07) is 5.42. The number of nitriles is 1. The molecule has 0 fully saturated rings. The summed E-state index contributed by atoms with van der Waals surface area (Å²) in [6.07, 6.45) is 1.52. The Morgan fingerprint density at radius 1 is 1.47 bits per heavy atom. The zero-order valence-electron chi connectivity index (χ0n) is 8.06.